The van der Waals surface area contributed by atoms with Crippen LogP contribution in [0.2, 0.25) is 0 Å². The second kappa shape index (κ2) is 6.34. The van der Waals surface area contributed by atoms with Crippen molar-refractivity contribution in [2.24, 2.45) is 0 Å². The number of nitrogens with zero attached hydrogens (tertiary/aromatic N) is 3. The highest BCUT2D eigenvalue weighted by atomic mass is 79.9. The molecule has 19 heavy (non-hydrogen) atoms. The maximum Gasteiger partial charge on any atom is 0.134 e. The number of nitrogen functional groups attached to an aromatic ring is 1. The number of halogens is 1. The highest BCUT2D eigenvalue weighted by Gasteiger charge is 2.08. The van der Waals surface area contributed by atoms with Gasteiger partial charge in [-0.15, -0.1) is 11.3 Å². The summed E-state index contributed by atoms with van der Waals surface area (Å²) in [6.45, 7) is 2.93. The Bertz CT molecular complexity index is 555. The summed E-state index contributed by atoms with van der Waals surface area (Å²) in [5.74, 6) is 2.23. The van der Waals surface area contributed by atoms with Crippen molar-refractivity contribution in [3.05, 3.63) is 32.7 Å². The first-order chi connectivity index (χ1) is 9.08. The van der Waals surface area contributed by atoms with Crippen LogP contribution in [0.5, 0.6) is 0 Å². The molecule has 2 N–H and O–H groups in total. The second-order valence-corrected chi connectivity index (χ2v) is 6.32. The number of anilines is 2. The van der Waals surface area contributed by atoms with Crippen LogP contribution in [0.15, 0.2) is 22.0 Å². The minimum atomic E-state index is 0.535. The van der Waals surface area contributed by atoms with Crippen LogP contribution in [-0.4, -0.2) is 17.0 Å². The zero-order valence-corrected chi connectivity index (χ0v) is 13.5. The minimum absolute atomic E-state index is 0.535. The fraction of sp³-hybridized carbons (Fsp3) is 0.385. The minimum Gasteiger partial charge on any atom is -0.384 e. The Morgan fingerprint density at radius 3 is 2.79 bits per heavy atom. The van der Waals surface area contributed by atoms with Crippen molar-refractivity contribution in [1.29, 1.82) is 0 Å². The Kier molecular flexibility index (Phi) is 4.76. The van der Waals surface area contributed by atoms with E-state index in [0.717, 1.165) is 35.5 Å². The van der Waals surface area contributed by atoms with Gasteiger partial charge in [-0.25, -0.2) is 9.97 Å². The molecule has 0 aliphatic heterocycles. The Balaban J connectivity index is 2.15. The highest BCUT2D eigenvalue weighted by Crippen LogP contribution is 2.23. The normalized spacial score (nSPS) is 10.7. The van der Waals surface area contributed by atoms with E-state index in [0.29, 0.717) is 5.82 Å². The van der Waals surface area contributed by atoms with Crippen molar-refractivity contribution >= 4 is 38.9 Å². The van der Waals surface area contributed by atoms with Gasteiger partial charge in [-0.1, -0.05) is 6.92 Å². The highest BCUT2D eigenvalue weighted by molar-refractivity contribution is 9.10. The van der Waals surface area contributed by atoms with Gasteiger partial charge >= 0.3 is 0 Å². The summed E-state index contributed by atoms with van der Waals surface area (Å²) in [6.07, 6.45) is 1.88. The molecule has 2 aromatic heterocycles. The van der Waals surface area contributed by atoms with Gasteiger partial charge in [0.15, 0.2) is 0 Å². The van der Waals surface area contributed by atoms with Crippen LogP contribution in [-0.2, 0) is 13.0 Å². The van der Waals surface area contributed by atoms with Gasteiger partial charge in [-0.3, -0.25) is 0 Å². The van der Waals surface area contributed by atoms with Gasteiger partial charge in [0.1, 0.15) is 17.5 Å². The summed E-state index contributed by atoms with van der Waals surface area (Å²) < 4.78 is 1.12. The number of thiophene rings is 1. The Labute approximate surface area is 125 Å². The van der Waals surface area contributed by atoms with Crippen LogP contribution in [0.1, 0.15) is 24.0 Å². The Hall–Kier alpha value is -1.14. The largest absolute Gasteiger partial charge is 0.384 e. The lowest BCUT2D eigenvalue weighted by atomic mass is 10.3. The van der Waals surface area contributed by atoms with E-state index < -0.39 is 0 Å². The summed E-state index contributed by atoms with van der Waals surface area (Å²) in [5, 5.41) is 2.08. The first-order valence-electron chi connectivity index (χ1n) is 6.16. The number of nitrogens with two attached hydrogens (primary N) is 1. The molecule has 0 bridgehead atoms. The predicted octanol–water partition coefficient (Wildman–Crippen LogP) is 3.47. The molecule has 0 radical (unpaired) electrons. The van der Waals surface area contributed by atoms with E-state index in [2.05, 4.69) is 49.2 Å². The van der Waals surface area contributed by atoms with Gasteiger partial charge < -0.3 is 10.6 Å². The molecule has 102 valence electrons. The third-order valence-corrected chi connectivity index (χ3v) is 4.34. The monoisotopic (exact) mass is 340 g/mol. The van der Waals surface area contributed by atoms with E-state index >= 15 is 0 Å². The van der Waals surface area contributed by atoms with Crippen LogP contribution >= 0.6 is 27.3 Å². The molecule has 0 saturated carbocycles. The topological polar surface area (TPSA) is 55.0 Å². The summed E-state index contributed by atoms with van der Waals surface area (Å²) >= 11 is 5.20. The first kappa shape index (κ1) is 14.3. The van der Waals surface area contributed by atoms with E-state index in [-0.39, 0.29) is 0 Å². The van der Waals surface area contributed by atoms with E-state index in [1.54, 1.807) is 11.3 Å². The zero-order valence-electron chi connectivity index (χ0n) is 11.1. The van der Waals surface area contributed by atoms with Gasteiger partial charge in [-0.2, -0.15) is 0 Å². The van der Waals surface area contributed by atoms with Crippen molar-refractivity contribution in [2.45, 2.75) is 26.3 Å². The van der Waals surface area contributed by atoms with E-state index in [9.17, 15) is 0 Å². The maximum atomic E-state index is 5.84. The van der Waals surface area contributed by atoms with E-state index in [4.69, 9.17) is 5.73 Å². The van der Waals surface area contributed by atoms with E-state index in [1.807, 2.05) is 13.1 Å². The SMILES string of the molecule is CCCc1nc(N)cc(N(C)Cc2cc(Br)cs2)n1. The fourth-order valence-corrected chi connectivity index (χ4v) is 3.29. The smallest absolute Gasteiger partial charge is 0.134 e. The van der Waals surface area contributed by atoms with Gasteiger partial charge in [-0.05, 0) is 28.4 Å². The van der Waals surface area contributed by atoms with Gasteiger partial charge in [0.05, 0.1) is 6.54 Å². The molecule has 4 nitrogen and oxygen atoms in total. The molecule has 0 spiro atoms. The predicted molar refractivity (Wildman–Crippen MR) is 84.6 cm³/mol. The molecule has 0 aliphatic carbocycles. The number of hydrogen-bond acceptors (Lipinski definition) is 5. The number of hydrogen-bond donors (Lipinski definition) is 1. The van der Waals surface area contributed by atoms with Crippen molar-refractivity contribution in [2.75, 3.05) is 17.7 Å². The summed E-state index contributed by atoms with van der Waals surface area (Å²) in [7, 11) is 2.02. The van der Waals surface area contributed by atoms with E-state index in [1.165, 1.54) is 4.88 Å². The molecular weight excluding hydrogens is 324 g/mol. The molecule has 0 aliphatic rings. The third-order valence-electron chi connectivity index (χ3n) is 2.66. The lowest BCUT2D eigenvalue weighted by Gasteiger charge is -2.18. The third kappa shape index (κ3) is 3.91. The quantitative estimate of drug-likeness (QED) is 0.905. The fourth-order valence-electron chi connectivity index (χ4n) is 1.79. The van der Waals surface area contributed by atoms with Crippen LogP contribution in [0.4, 0.5) is 11.6 Å². The molecule has 2 rings (SSSR count). The lowest BCUT2D eigenvalue weighted by molar-refractivity contribution is 0.817. The standard InChI is InChI=1S/C13H17BrN4S/c1-3-4-12-16-11(15)6-13(17-12)18(2)7-10-5-9(14)8-19-10/h5-6,8H,3-4,7H2,1-2H3,(H2,15,16,17). The molecule has 0 unspecified atom stereocenters. The molecule has 0 amide bonds. The van der Waals surface area contributed by atoms with Gasteiger partial charge in [0.25, 0.3) is 0 Å². The Morgan fingerprint density at radius 1 is 1.37 bits per heavy atom. The molecule has 0 fully saturated rings. The van der Waals surface area contributed by atoms with Crippen LogP contribution in [0.3, 0.4) is 0 Å². The molecule has 0 aromatic carbocycles. The number of rotatable bonds is 5. The van der Waals surface area contributed by atoms with Gasteiger partial charge in [0, 0.05) is 34.3 Å². The number of aryl methyl sites for hydroxylation is 1. The average molecular weight is 341 g/mol. The van der Waals surface area contributed by atoms with Crippen LogP contribution in [0.25, 0.3) is 0 Å². The maximum absolute atomic E-state index is 5.84. The first-order valence-corrected chi connectivity index (χ1v) is 7.83. The lowest BCUT2D eigenvalue weighted by Crippen LogP contribution is -2.18. The van der Waals surface area contributed by atoms with Crippen molar-refractivity contribution in [1.82, 2.24) is 9.97 Å². The average Bonchev–Trinajstić information content (AvgIpc) is 2.74. The molecule has 0 atom stereocenters. The molecular formula is C13H17BrN4S. The Morgan fingerprint density at radius 2 is 2.16 bits per heavy atom. The summed E-state index contributed by atoms with van der Waals surface area (Å²) in [5.41, 5.74) is 5.84. The van der Waals surface area contributed by atoms with Gasteiger partial charge in [0.2, 0.25) is 0 Å². The zero-order chi connectivity index (χ0) is 13.8. The molecule has 2 aromatic rings. The summed E-state index contributed by atoms with van der Waals surface area (Å²) in [6, 6.07) is 3.94. The van der Waals surface area contributed by atoms with Crippen molar-refractivity contribution in [3.63, 3.8) is 0 Å². The number of aromatic nitrogens is 2. The van der Waals surface area contributed by atoms with Crippen LogP contribution < -0.4 is 10.6 Å². The molecule has 6 heteroatoms. The molecule has 0 saturated heterocycles. The van der Waals surface area contributed by atoms with Crippen molar-refractivity contribution < 1.29 is 0 Å². The molecule has 2 heterocycles. The van der Waals surface area contributed by atoms with Crippen molar-refractivity contribution in [3.8, 4) is 0 Å². The summed E-state index contributed by atoms with van der Waals surface area (Å²) in [4.78, 5) is 12.2. The van der Waals surface area contributed by atoms with Crippen LogP contribution in [0, 0.1) is 0 Å². The second-order valence-electron chi connectivity index (χ2n) is 4.40.